The Morgan fingerprint density at radius 1 is 1.38 bits per heavy atom. The smallest absolute Gasteiger partial charge is 0.410 e. The topological polar surface area (TPSA) is 29.5 Å². The molecular weight excluding hydrogens is 202 g/mol. The van der Waals surface area contributed by atoms with Gasteiger partial charge in [0.05, 0.1) is 0 Å². The predicted molar refractivity (Wildman–Crippen MR) is 67.6 cm³/mol. The van der Waals surface area contributed by atoms with Gasteiger partial charge >= 0.3 is 6.09 Å². The molecule has 0 saturated carbocycles. The molecule has 1 aliphatic rings. The van der Waals surface area contributed by atoms with Crippen LogP contribution >= 0.6 is 0 Å². The molecule has 1 fully saturated rings. The van der Waals surface area contributed by atoms with Crippen LogP contribution < -0.4 is 0 Å². The summed E-state index contributed by atoms with van der Waals surface area (Å²) in [6.45, 7) is 13.8. The Bertz CT molecular complexity index is 208. The van der Waals surface area contributed by atoms with Gasteiger partial charge in [-0.15, -0.1) is 0 Å². The predicted octanol–water partition coefficient (Wildman–Crippen LogP) is 3.68. The lowest BCUT2D eigenvalue weighted by molar-refractivity contribution is 0.0289. The molecule has 1 aliphatic heterocycles. The molecule has 0 aromatic rings. The van der Waals surface area contributed by atoms with Crippen molar-refractivity contribution >= 4 is 6.09 Å². The van der Waals surface area contributed by atoms with Crippen LogP contribution in [-0.2, 0) is 4.74 Å². The number of rotatable bonds is 0. The Balaban J connectivity index is 0.000000673. The first kappa shape index (κ1) is 15.3. The fourth-order valence-electron chi connectivity index (χ4n) is 1.43. The second kappa shape index (κ2) is 6.77. The monoisotopic (exact) mass is 229 g/mol. The highest BCUT2D eigenvalue weighted by atomic mass is 16.6. The normalized spacial score (nSPS) is 20.1. The molecule has 0 aromatic carbocycles. The van der Waals surface area contributed by atoms with Crippen molar-refractivity contribution in [3.8, 4) is 0 Å². The van der Waals surface area contributed by atoms with Gasteiger partial charge in [0.25, 0.3) is 0 Å². The molecule has 0 radical (unpaired) electrons. The van der Waals surface area contributed by atoms with Crippen LogP contribution in [0.25, 0.3) is 0 Å². The minimum absolute atomic E-state index is 0.170. The summed E-state index contributed by atoms with van der Waals surface area (Å²) in [5.74, 6) is 0.618. The maximum absolute atomic E-state index is 11.5. The highest BCUT2D eigenvalue weighted by Gasteiger charge is 2.27. The minimum Gasteiger partial charge on any atom is -0.444 e. The van der Waals surface area contributed by atoms with E-state index in [4.69, 9.17) is 4.74 Å². The van der Waals surface area contributed by atoms with E-state index in [2.05, 4.69) is 20.8 Å². The fourth-order valence-corrected chi connectivity index (χ4v) is 1.43. The number of likely N-dealkylation sites (tertiary alicyclic amines) is 1. The first-order chi connectivity index (χ1) is 7.30. The average Bonchev–Trinajstić information content (AvgIpc) is 2.50. The van der Waals surface area contributed by atoms with Gasteiger partial charge in [0.2, 0.25) is 0 Å². The molecule has 0 aromatic heterocycles. The molecule has 0 spiro atoms. The molecule has 3 nitrogen and oxygen atoms in total. The summed E-state index contributed by atoms with van der Waals surface area (Å²) in [6.07, 6.45) is 2.18. The van der Waals surface area contributed by atoms with Crippen LogP contribution in [-0.4, -0.2) is 29.7 Å². The number of carbonyl (C=O) groups excluding carboxylic acids is 1. The van der Waals surface area contributed by atoms with Gasteiger partial charge in [-0.2, -0.15) is 0 Å². The summed E-state index contributed by atoms with van der Waals surface area (Å²) >= 11 is 0. The molecule has 3 heteroatoms. The van der Waals surface area contributed by atoms with Crippen LogP contribution in [0.15, 0.2) is 0 Å². The second-order valence-corrected chi connectivity index (χ2v) is 5.53. The SMILES string of the molecule is CCC.C[C@H]1CCN(C(=O)OC(C)(C)C)C1. The van der Waals surface area contributed by atoms with E-state index >= 15 is 0 Å². The van der Waals surface area contributed by atoms with Crippen molar-refractivity contribution in [1.82, 2.24) is 4.90 Å². The Hall–Kier alpha value is -0.730. The third kappa shape index (κ3) is 6.70. The third-order valence-electron chi connectivity index (χ3n) is 2.08. The molecule has 96 valence electrons. The van der Waals surface area contributed by atoms with Crippen LogP contribution in [0.5, 0.6) is 0 Å². The van der Waals surface area contributed by atoms with Gasteiger partial charge in [-0.05, 0) is 33.1 Å². The van der Waals surface area contributed by atoms with Crippen molar-refractivity contribution in [3.05, 3.63) is 0 Å². The molecule has 1 atom stereocenters. The Morgan fingerprint density at radius 2 is 1.88 bits per heavy atom. The van der Waals surface area contributed by atoms with Crippen molar-refractivity contribution in [3.63, 3.8) is 0 Å². The van der Waals surface area contributed by atoms with Crippen LogP contribution in [0.1, 0.15) is 54.4 Å². The number of carbonyl (C=O) groups is 1. The zero-order chi connectivity index (χ0) is 12.8. The molecule has 1 heterocycles. The second-order valence-electron chi connectivity index (χ2n) is 5.53. The zero-order valence-corrected chi connectivity index (χ0v) is 11.7. The largest absolute Gasteiger partial charge is 0.444 e. The number of ether oxygens (including phenoxy) is 1. The van der Waals surface area contributed by atoms with Gasteiger partial charge in [-0.3, -0.25) is 0 Å². The van der Waals surface area contributed by atoms with E-state index in [0.29, 0.717) is 5.92 Å². The fraction of sp³-hybridized carbons (Fsp3) is 0.923. The van der Waals surface area contributed by atoms with E-state index in [1.54, 1.807) is 4.90 Å². The van der Waals surface area contributed by atoms with E-state index in [1.165, 1.54) is 6.42 Å². The standard InChI is InChI=1S/C10H19NO2.C3H8/c1-8-5-6-11(7-8)9(12)13-10(2,3)4;1-3-2/h8H,5-7H2,1-4H3;3H2,1-2H3/t8-;/m0./s1. The van der Waals surface area contributed by atoms with E-state index in [9.17, 15) is 4.79 Å². The van der Waals surface area contributed by atoms with Crippen molar-refractivity contribution in [1.29, 1.82) is 0 Å². The van der Waals surface area contributed by atoms with E-state index in [0.717, 1.165) is 19.5 Å². The quantitative estimate of drug-likeness (QED) is 0.634. The number of nitrogens with zero attached hydrogens (tertiary/aromatic N) is 1. The van der Waals surface area contributed by atoms with E-state index in [-0.39, 0.29) is 11.7 Å². The average molecular weight is 229 g/mol. The highest BCUT2D eigenvalue weighted by molar-refractivity contribution is 5.68. The summed E-state index contributed by atoms with van der Waals surface area (Å²) in [5, 5.41) is 0. The van der Waals surface area contributed by atoms with Gasteiger partial charge in [-0.1, -0.05) is 27.2 Å². The van der Waals surface area contributed by atoms with Gasteiger partial charge in [0, 0.05) is 13.1 Å². The van der Waals surface area contributed by atoms with Crippen LogP contribution in [0.3, 0.4) is 0 Å². The molecule has 0 N–H and O–H groups in total. The molecule has 1 rings (SSSR count). The van der Waals surface area contributed by atoms with Crippen LogP contribution in [0.2, 0.25) is 0 Å². The molecular formula is C13H27NO2. The maximum Gasteiger partial charge on any atom is 0.410 e. The van der Waals surface area contributed by atoms with Crippen LogP contribution in [0.4, 0.5) is 4.79 Å². The zero-order valence-electron chi connectivity index (χ0n) is 11.7. The van der Waals surface area contributed by atoms with Gasteiger partial charge < -0.3 is 9.64 Å². The Kier molecular flexibility index (Phi) is 6.46. The van der Waals surface area contributed by atoms with Gasteiger partial charge in [0.15, 0.2) is 0 Å². The molecule has 1 amide bonds. The van der Waals surface area contributed by atoms with Gasteiger partial charge in [0.1, 0.15) is 5.60 Å². The minimum atomic E-state index is -0.372. The maximum atomic E-state index is 11.5. The summed E-state index contributed by atoms with van der Waals surface area (Å²) in [7, 11) is 0. The first-order valence-electron chi connectivity index (χ1n) is 6.28. The van der Waals surface area contributed by atoms with Gasteiger partial charge in [-0.25, -0.2) is 4.79 Å². The van der Waals surface area contributed by atoms with E-state index < -0.39 is 0 Å². The van der Waals surface area contributed by atoms with E-state index in [1.807, 2.05) is 20.8 Å². The molecule has 1 saturated heterocycles. The summed E-state index contributed by atoms with van der Waals surface area (Å²) in [4.78, 5) is 13.3. The summed E-state index contributed by atoms with van der Waals surface area (Å²) < 4.78 is 5.26. The molecule has 16 heavy (non-hydrogen) atoms. The Labute approximate surface area is 100 Å². The molecule has 0 bridgehead atoms. The van der Waals surface area contributed by atoms with Crippen LogP contribution in [0, 0.1) is 5.92 Å². The number of amides is 1. The summed E-state index contributed by atoms with van der Waals surface area (Å²) in [6, 6.07) is 0. The third-order valence-corrected chi connectivity index (χ3v) is 2.08. The number of hydrogen-bond acceptors (Lipinski definition) is 2. The Morgan fingerprint density at radius 3 is 2.19 bits per heavy atom. The number of hydrogen-bond donors (Lipinski definition) is 0. The summed E-state index contributed by atoms with van der Waals surface area (Å²) in [5.41, 5.74) is -0.372. The lowest BCUT2D eigenvalue weighted by atomic mass is 10.2. The molecule has 0 aliphatic carbocycles. The lowest BCUT2D eigenvalue weighted by Gasteiger charge is -2.24. The van der Waals surface area contributed by atoms with Crippen molar-refractivity contribution in [2.75, 3.05) is 13.1 Å². The van der Waals surface area contributed by atoms with Crippen molar-refractivity contribution in [2.24, 2.45) is 5.92 Å². The first-order valence-corrected chi connectivity index (χ1v) is 6.28. The molecule has 0 unspecified atom stereocenters. The van der Waals surface area contributed by atoms with Crippen molar-refractivity contribution < 1.29 is 9.53 Å². The highest BCUT2D eigenvalue weighted by Crippen LogP contribution is 2.18. The lowest BCUT2D eigenvalue weighted by Crippen LogP contribution is -2.35. The van der Waals surface area contributed by atoms with Crippen molar-refractivity contribution in [2.45, 2.75) is 60.0 Å².